The second kappa shape index (κ2) is 7.00. The van der Waals surface area contributed by atoms with Crippen LogP contribution in [0.5, 0.6) is 17.2 Å². The Balaban J connectivity index is 2.05. The first-order valence-corrected chi connectivity index (χ1v) is 8.83. The summed E-state index contributed by atoms with van der Waals surface area (Å²) in [6.45, 7) is 2.63. The van der Waals surface area contributed by atoms with Crippen molar-refractivity contribution in [2.24, 2.45) is 5.73 Å². The van der Waals surface area contributed by atoms with Crippen molar-refractivity contribution in [2.75, 3.05) is 31.5 Å². The van der Waals surface area contributed by atoms with Gasteiger partial charge in [0.2, 0.25) is 6.79 Å². The van der Waals surface area contributed by atoms with Crippen LogP contribution in [0.25, 0.3) is 0 Å². The SMILES string of the molecule is CCCS(=O)(=O)CCOc1cc2c(cc1CCN)OCO2. The zero-order valence-corrected chi connectivity index (χ0v) is 12.9. The van der Waals surface area contributed by atoms with Gasteiger partial charge in [0.1, 0.15) is 12.4 Å². The molecule has 2 N–H and O–H groups in total. The van der Waals surface area contributed by atoms with Crippen LogP contribution in [0.1, 0.15) is 18.9 Å². The van der Waals surface area contributed by atoms with E-state index in [1.807, 2.05) is 13.0 Å². The maximum atomic E-state index is 11.7. The Labute approximate surface area is 125 Å². The van der Waals surface area contributed by atoms with Crippen molar-refractivity contribution in [1.29, 1.82) is 0 Å². The molecule has 0 aliphatic carbocycles. The number of rotatable bonds is 8. The summed E-state index contributed by atoms with van der Waals surface area (Å²) >= 11 is 0. The van der Waals surface area contributed by atoms with Crippen LogP contribution in [0, 0.1) is 0 Å². The number of nitrogens with two attached hydrogens (primary N) is 1. The number of hydrogen-bond donors (Lipinski definition) is 1. The van der Waals surface area contributed by atoms with Crippen molar-refractivity contribution in [3.63, 3.8) is 0 Å². The molecule has 2 rings (SSSR count). The van der Waals surface area contributed by atoms with E-state index in [1.54, 1.807) is 6.07 Å². The highest BCUT2D eigenvalue weighted by atomic mass is 32.2. The quantitative estimate of drug-likeness (QED) is 0.773. The number of ether oxygens (including phenoxy) is 3. The van der Waals surface area contributed by atoms with Crippen molar-refractivity contribution >= 4 is 9.84 Å². The highest BCUT2D eigenvalue weighted by Crippen LogP contribution is 2.38. The van der Waals surface area contributed by atoms with Gasteiger partial charge in [-0.25, -0.2) is 8.42 Å². The minimum absolute atomic E-state index is 0.0113. The first-order valence-electron chi connectivity index (χ1n) is 7.01. The molecule has 0 aromatic heterocycles. The zero-order chi connectivity index (χ0) is 15.3. The molecule has 0 saturated heterocycles. The highest BCUT2D eigenvalue weighted by molar-refractivity contribution is 7.91. The average Bonchev–Trinajstić information content (AvgIpc) is 2.86. The van der Waals surface area contributed by atoms with Gasteiger partial charge < -0.3 is 19.9 Å². The van der Waals surface area contributed by atoms with Crippen LogP contribution in [0.2, 0.25) is 0 Å². The first-order chi connectivity index (χ1) is 10.1. The molecular formula is C14H21NO5S. The molecule has 0 unspecified atom stereocenters. The Morgan fingerprint density at radius 1 is 1.24 bits per heavy atom. The summed E-state index contributed by atoms with van der Waals surface area (Å²) in [6.07, 6.45) is 1.25. The summed E-state index contributed by atoms with van der Waals surface area (Å²) in [5.74, 6) is 2.09. The molecule has 21 heavy (non-hydrogen) atoms. The van der Waals surface area contributed by atoms with Crippen molar-refractivity contribution in [3.05, 3.63) is 17.7 Å². The van der Waals surface area contributed by atoms with E-state index >= 15 is 0 Å². The molecule has 0 radical (unpaired) electrons. The normalized spacial score (nSPS) is 13.4. The number of hydrogen-bond acceptors (Lipinski definition) is 6. The van der Waals surface area contributed by atoms with Gasteiger partial charge in [0.25, 0.3) is 0 Å². The predicted octanol–water partition coefficient (Wildman–Crippen LogP) is 1.12. The Bertz CT molecular complexity index is 585. The molecule has 0 bridgehead atoms. The Morgan fingerprint density at radius 2 is 1.95 bits per heavy atom. The number of benzene rings is 1. The smallest absolute Gasteiger partial charge is 0.231 e. The van der Waals surface area contributed by atoms with Gasteiger partial charge in [0, 0.05) is 6.07 Å². The van der Waals surface area contributed by atoms with Crippen molar-refractivity contribution in [1.82, 2.24) is 0 Å². The summed E-state index contributed by atoms with van der Waals surface area (Å²) in [7, 11) is -3.04. The number of fused-ring (bicyclic) bond motifs is 1. The lowest BCUT2D eigenvalue weighted by Gasteiger charge is -2.12. The average molecular weight is 315 g/mol. The van der Waals surface area contributed by atoms with E-state index in [9.17, 15) is 8.42 Å². The third kappa shape index (κ3) is 4.25. The fraction of sp³-hybridized carbons (Fsp3) is 0.571. The second-order valence-corrected chi connectivity index (χ2v) is 7.16. The maximum Gasteiger partial charge on any atom is 0.231 e. The van der Waals surface area contributed by atoms with Crippen LogP contribution in [-0.2, 0) is 16.3 Å². The Hall–Kier alpha value is -1.47. The van der Waals surface area contributed by atoms with Crippen LogP contribution < -0.4 is 19.9 Å². The van der Waals surface area contributed by atoms with E-state index < -0.39 is 9.84 Å². The molecule has 1 aromatic rings. The van der Waals surface area contributed by atoms with Gasteiger partial charge in [-0.15, -0.1) is 0 Å². The largest absolute Gasteiger partial charge is 0.492 e. The third-order valence-corrected chi connectivity index (χ3v) is 4.96. The lowest BCUT2D eigenvalue weighted by molar-refractivity contribution is 0.173. The summed E-state index contributed by atoms with van der Waals surface area (Å²) in [5, 5.41) is 0. The fourth-order valence-corrected chi connectivity index (χ4v) is 3.31. The van der Waals surface area contributed by atoms with Gasteiger partial charge in [-0.3, -0.25) is 0 Å². The van der Waals surface area contributed by atoms with Crippen molar-refractivity contribution in [2.45, 2.75) is 19.8 Å². The molecule has 0 atom stereocenters. The predicted molar refractivity (Wildman–Crippen MR) is 79.8 cm³/mol. The van der Waals surface area contributed by atoms with Gasteiger partial charge in [-0.2, -0.15) is 0 Å². The number of sulfone groups is 1. The molecule has 1 aliphatic heterocycles. The van der Waals surface area contributed by atoms with Gasteiger partial charge in [-0.05, 0) is 31.0 Å². The van der Waals surface area contributed by atoms with Crippen LogP contribution in [0.15, 0.2) is 12.1 Å². The van der Waals surface area contributed by atoms with E-state index in [0.717, 1.165) is 5.56 Å². The second-order valence-electron chi connectivity index (χ2n) is 4.85. The zero-order valence-electron chi connectivity index (χ0n) is 12.1. The topological polar surface area (TPSA) is 87.9 Å². The van der Waals surface area contributed by atoms with Crippen LogP contribution in [0.4, 0.5) is 0 Å². The molecule has 7 heteroatoms. The van der Waals surface area contributed by atoms with Gasteiger partial charge in [0.15, 0.2) is 21.3 Å². The summed E-state index contributed by atoms with van der Waals surface area (Å²) in [4.78, 5) is 0. The van der Waals surface area contributed by atoms with Gasteiger partial charge >= 0.3 is 0 Å². The van der Waals surface area contributed by atoms with Crippen molar-refractivity contribution < 1.29 is 22.6 Å². The standard InChI is InChI=1S/C14H21NO5S/c1-2-6-21(16,17)7-5-18-12-9-14-13(19-10-20-14)8-11(12)3-4-15/h8-9H,2-7,10,15H2,1H3. The molecule has 0 fully saturated rings. The molecular weight excluding hydrogens is 294 g/mol. The third-order valence-electron chi connectivity index (χ3n) is 3.14. The lowest BCUT2D eigenvalue weighted by atomic mass is 10.1. The molecule has 1 aromatic carbocycles. The fourth-order valence-electron chi connectivity index (χ4n) is 2.14. The van der Waals surface area contributed by atoms with E-state index in [0.29, 0.717) is 36.6 Å². The van der Waals surface area contributed by atoms with E-state index in [2.05, 4.69) is 0 Å². The van der Waals surface area contributed by atoms with Crippen LogP contribution in [0.3, 0.4) is 0 Å². The molecule has 6 nitrogen and oxygen atoms in total. The minimum Gasteiger partial charge on any atom is -0.492 e. The maximum absolute atomic E-state index is 11.7. The van der Waals surface area contributed by atoms with Crippen LogP contribution in [-0.4, -0.2) is 39.9 Å². The summed E-state index contributed by atoms with van der Waals surface area (Å²) in [6, 6.07) is 3.57. The van der Waals surface area contributed by atoms with Crippen molar-refractivity contribution in [3.8, 4) is 17.2 Å². The first kappa shape index (κ1) is 15.9. The molecule has 1 heterocycles. The van der Waals surface area contributed by atoms with Crippen LogP contribution >= 0.6 is 0 Å². The Kier molecular flexibility index (Phi) is 5.30. The van der Waals surface area contributed by atoms with E-state index in [4.69, 9.17) is 19.9 Å². The summed E-state index contributed by atoms with van der Waals surface area (Å²) in [5.41, 5.74) is 6.49. The molecule has 118 valence electrons. The summed E-state index contributed by atoms with van der Waals surface area (Å²) < 4.78 is 39.6. The Morgan fingerprint density at radius 3 is 2.62 bits per heavy atom. The molecule has 1 aliphatic rings. The lowest BCUT2D eigenvalue weighted by Crippen LogP contribution is -2.17. The van der Waals surface area contributed by atoms with Gasteiger partial charge in [0.05, 0.1) is 11.5 Å². The monoisotopic (exact) mass is 315 g/mol. The minimum atomic E-state index is -3.04. The van der Waals surface area contributed by atoms with Gasteiger partial charge in [-0.1, -0.05) is 6.92 Å². The molecule has 0 amide bonds. The molecule has 0 saturated carbocycles. The highest BCUT2D eigenvalue weighted by Gasteiger charge is 2.18. The molecule has 0 spiro atoms. The van der Waals surface area contributed by atoms with E-state index in [-0.39, 0.29) is 24.9 Å². The van der Waals surface area contributed by atoms with E-state index in [1.165, 1.54) is 0 Å².